The first kappa shape index (κ1) is 18.1. The second-order valence-corrected chi connectivity index (χ2v) is 2.99. The molecule has 1 N–H and O–H groups in total. The summed E-state index contributed by atoms with van der Waals surface area (Å²) in [6, 6.07) is -0.854. The van der Waals surface area contributed by atoms with Crippen molar-refractivity contribution in [3.8, 4) is 0 Å². The van der Waals surface area contributed by atoms with E-state index in [-0.39, 0.29) is 32.7 Å². The second-order valence-electron chi connectivity index (χ2n) is 2.99. The first-order valence-electron chi connectivity index (χ1n) is 4.97. The van der Waals surface area contributed by atoms with Crippen LogP contribution in [0.2, 0.25) is 0 Å². The van der Waals surface area contributed by atoms with Gasteiger partial charge in [-0.1, -0.05) is 30.9 Å². The van der Waals surface area contributed by atoms with Crippen molar-refractivity contribution in [2.75, 3.05) is 6.61 Å². The Morgan fingerprint density at radius 2 is 2.19 bits per heavy atom. The molecular weight excluding hydrogens is 279 g/mol. The van der Waals surface area contributed by atoms with Gasteiger partial charge in [0, 0.05) is 32.7 Å². The summed E-state index contributed by atoms with van der Waals surface area (Å²) in [7, 11) is 0. The Labute approximate surface area is 123 Å². The van der Waals surface area contributed by atoms with Gasteiger partial charge < -0.3 is 10.5 Å². The molecule has 0 aromatic rings. The van der Waals surface area contributed by atoms with Crippen molar-refractivity contribution in [3.63, 3.8) is 0 Å². The maximum atomic E-state index is 11.2. The van der Waals surface area contributed by atoms with Gasteiger partial charge >= 0.3 is 0 Å². The van der Waals surface area contributed by atoms with E-state index < -0.39 is 12.0 Å². The Bertz CT molecular complexity index is 272. The summed E-state index contributed by atoms with van der Waals surface area (Å²) in [6.07, 6.45) is 7.53. The molecular formula is C12H18NO2Y-. The van der Waals surface area contributed by atoms with Gasteiger partial charge in [0.15, 0.2) is 0 Å². The molecule has 0 aliphatic rings. The number of carbonyl (C=O) groups is 1. The van der Waals surface area contributed by atoms with Gasteiger partial charge in [-0.25, -0.2) is 0 Å². The summed E-state index contributed by atoms with van der Waals surface area (Å²) in [5.41, 5.74) is 8.49. The van der Waals surface area contributed by atoms with Gasteiger partial charge in [-0.15, -0.1) is 0 Å². The molecule has 0 aliphatic heterocycles. The Balaban J connectivity index is 0. The normalized spacial score (nSPS) is 13.1. The van der Waals surface area contributed by atoms with Gasteiger partial charge in [-0.05, 0) is 31.9 Å². The first-order valence-corrected chi connectivity index (χ1v) is 4.97. The molecule has 0 bridgehead atoms. The molecule has 0 aromatic heterocycles. The van der Waals surface area contributed by atoms with Crippen molar-refractivity contribution in [3.05, 3.63) is 42.2 Å². The van der Waals surface area contributed by atoms with Crippen LogP contribution >= 0.6 is 0 Å². The summed E-state index contributed by atoms with van der Waals surface area (Å²) in [5, 5.41) is 0. The predicted molar refractivity (Wildman–Crippen MR) is 62.5 cm³/mol. The minimum Gasteiger partial charge on any atom is -0.665 e. The van der Waals surface area contributed by atoms with E-state index in [0.29, 0.717) is 13.0 Å². The third kappa shape index (κ3) is 7.97. The van der Waals surface area contributed by atoms with E-state index in [9.17, 15) is 4.79 Å². The summed E-state index contributed by atoms with van der Waals surface area (Å²) in [6.45, 7) is 7.52. The number of allylic oxidation sites excluding steroid dienone is 4. The van der Waals surface area contributed by atoms with E-state index in [1.807, 2.05) is 19.1 Å². The summed E-state index contributed by atoms with van der Waals surface area (Å²) in [4.78, 5) is 11.2. The predicted octanol–water partition coefficient (Wildman–Crippen LogP) is 3.05. The first-order chi connectivity index (χ1) is 7.15. The number of ether oxygens (including phenoxy) is 1. The fourth-order valence-corrected chi connectivity index (χ4v) is 1.12. The number of hydrogen-bond donors (Lipinski definition) is 0. The standard InChI is InChI=1S/C12H18NO2.Y/c1-4-7-10(8-5-2)9-11(13)12(14)15-6-3;/h4-5,7-8,11,13H,1,6,9H2,2-3H3;/q-1;/b8-5-,10-7+;. The maximum absolute atomic E-state index is 11.2. The van der Waals surface area contributed by atoms with Gasteiger partial charge in [0.1, 0.15) is 0 Å². The zero-order valence-electron chi connectivity index (χ0n) is 9.90. The molecule has 0 heterocycles. The number of rotatable bonds is 6. The molecule has 1 atom stereocenters. The SMILES string of the molecule is C=C/C=C(\C=C/C)CC([NH-])C(=O)OCC.[Y]. The number of carbonyl (C=O) groups excluding carboxylic acids is 1. The molecule has 0 fully saturated rings. The molecule has 0 amide bonds. The molecule has 16 heavy (non-hydrogen) atoms. The van der Waals surface area contributed by atoms with E-state index in [1.165, 1.54) is 0 Å². The van der Waals surface area contributed by atoms with Crippen molar-refractivity contribution >= 4 is 5.97 Å². The Kier molecular flexibility index (Phi) is 12.7. The second kappa shape index (κ2) is 11.2. The van der Waals surface area contributed by atoms with Crippen LogP contribution in [-0.4, -0.2) is 18.6 Å². The van der Waals surface area contributed by atoms with E-state index in [1.54, 1.807) is 19.1 Å². The number of hydrogen-bond acceptors (Lipinski definition) is 2. The molecule has 0 spiro atoms. The largest absolute Gasteiger partial charge is 0.665 e. The smallest absolute Gasteiger partial charge is 0.288 e. The van der Waals surface area contributed by atoms with Gasteiger partial charge in [-0.2, -0.15) is 0 Å². The molecule has 0 saturated heterocycles. The molecule has 0 aromatic carbocycles. The van der Waals surface area contributed by atoms with Crippen molar-refractivity contribution in [2.24, 2.45) is 0 Å². The number of esters is 1. The van der Waals surface area contributed by atoms with Crippen molar-refractivity contribution < 1.29 is 42.2 Å². The van der Waals surface area contributed by atoms with Crippen LogP contribution in [0.1, 0.15) is 20.3 Å². The van der Waals surface area contributed by atoms with Crippen LogP contribution in [0.4, 0.5) is 0 Å². The third-order valence-corrected chi connectivity index (χ3v) is 1.72. The van der Waals surface area contributed by atoms with Gasteiger partial charge in [-0.3, -0.25) is 4.79 Å². The molecule has 1 radical (unpaired) electrons. The zero-order chi connectivity index (χ0) is 11.7. The van der Waals surface area contributed by atoms with Crippen LogP contribution < -0.4 is 0 Å². The van der Waals surface area contributed by atoms with Gasteiger partial charge in [0.2, 0.25) is 0 Å². The van der Waals surface area contributed by atoms with E-state index in [2.05, 4.69) is 6.58 Å². The van der Waals surface area contributed by atoms with Crippen LogP contribution in [0.15, 0.2) is 36.5 Å². The average molecular weight is 297 g/mol. The monoisotopic (exact) mass is 297 g/mol. The van der Waals surface area contributed by atoms with Crippen LogP contribution in [-0.2, 0) is 42.2 Å². The molecule has 1 unspecified atom stereocenters. The average Bonchev–Trinajstić information content (AvgIpc) is 2.18. The van der Waals surface area contributed by atoms with Gasteiger partial charge in [0.05, 0.1) is 6.61 Å². The minimum absolute atomic E-state index is 0. The molecule has 0 aliphatic carbocycles. The summed E-state index contributed by atoms with van der Waals surface area (Å²) >= 11 is 0. The molecule has 4 heteroatoms. The molecule has 0 saturated carbocycles. The zero-order valence-corrected chi connectivity index (χ0v) is 12.7. The fourth-order valence-electron chi connectivity index (χ4n) is 1.12. The number of nitrogens with one attached hydrogen (secondary N) is 1. The minimum atomic E-state index is -0.854. The molecule has 0 rings (SSSR count). The van der Waals surface area contributed by atoms with Crippen molar-refractivity contribution in [2.45, 2.75) is 26.3 Å². The summed E-state index contributed by atoms with van der Waals surface area (Å²) < 4.78 is 4.76. The maximum Gasteiger partial charge on any atom is 0.288 e. The quantitative estimate of drug-likeness (QED) is 0.559. The van der Waals surface area contributed by atoms with Crippen LogP contribution in [0.5, 0.6) is 0 Å². The Morgan fingerprint density at radius 1 is 1.56 bits per heavy atom. The van der Waals surface area contributed by atoms with Crippen molar-refractivity contribution in [1.82, 2.24) is 0 Å². The molecule has 3 nitrogen and oxygen atoms in total. The summed E-state index contributed by atoms with van der Waals surface area (Å²) in [5.74, 6) is -0.475. The molecule has 87 valence electrons. The fraction of sp³-hybridized carbons (Fsp3) is 0.417. The topological polar surface area (TPSA) is 50.1 Å². The third-order valence-electron chi connectivity index (χ3n) is 1.72. The Morgan fingerprint density at radius 3 is 2.62 bits per heavy atom. The van der Waals surface area contributed by atoms with Crippen LogP contribution in [0.25, 0.3) is 5.73 Å². The van der Waals surface area contributed by atoms with E-state index in [0.717, 1.165) is 5.57 Å². The van der Waals surface area contributed by atoms with Crippen LogP contribution in [0, 0.1) is 0 Å². The van der Waals surface area contributed by atoms with Gasteiger partial charge in [0.25, 0.3) is 5.97 Å². The van der Waals surface area contributed by atoms with E-state index in [4.69, 9.17) is 10.5 Å². The van der Waals surface area contributed by atoms with E-state index >= 15 is 0 Å². The Hall–Kier alpha value is -0.246. The van der Waals surface area contributed by atoms with Crippen molar-refractivity contribution in [1.29, 1.82) is 0 Å². The van der Waals surface area contributed by atoms with Crippen LogP contribution in [0.3, 0.4) is 0 Å².